The normalized spacial score (nSPS) is 17.9. The van der Waals surface area contributed by atoms with Gasteiger partial charge in [0.2, 0.25) is 0 Å². The third-order valence-corrected chi connectivity index (χ3v) is 3.27. The SMILES string of the molecule is C=CCN(c1ccc2c(c1)NC(=O)C2O)C(C)(C)C. The zero-order chi connectivity index (χ0) is 14.2. The highest BCUT2D eigenvalue weighted by molar-refractivity contribution is 6.02. The second kappa shape index (κ2) is 4.70. The number of rotatable bonds is 3. The van der Waals surface area contributed by atoms with Crippen molar-refractivity contribution in [2.24, 2.45) is 0 Å². The lowest BCUT2D eigenvalue weighted by molar-refractivity contribution is -0.123. The molecule has 102 valence electrons. The molecule has 0 fully saturated rings. The first-order valence-electron chi connectivity index (χ1n) is 6.36. The molecule has 1 aliphatic heterocycles. The maximum atomic E-state index is 11.4. The maximum absolute atomic E-state index is 11.4. The highest BCUT2D eigenvalue weighted by Gasteiger charge is 2.30. The van der Waals surface area contributed by atoms with Crippen LogP contribution in [0.1, 0.15) is 32.4 Å². The Kier molecular flexibility index (Phi) is 3.37. The van der Waals surface area contributed by atoms with Gasteiger partial charge in [0, 0.05) is 29.0 Å². The highest BCUT2D eigenvalue weighted by atomic mass is 16.3. The van der Waals surface area contributed by atoms with Crippen LogP contribution in [0.15, 0.2) is 30.9 Å². The van der Waals surface area contributed by atoms with E-state index in [0.717, 1.165) is 12.2 Å². The molecule has 1 aromatic carbocycles. The van der Waals surface area contributed by atoms with Gasteiger partial charge in [0.25, 0.3) is 5.91 Å². The van der Waals surface area contributed by atoms with Crippen molar-refractivity contribution >= 4 is 17.3 Å². The summed E-state index contributed by atoms with van der Waals surface area (Å²) in [5.74, 6) is -0.363. The first kappa shape index (κ1) is 13.6. The minimum absolute atomic E-state index is 0.0519. The molecule has 4 nitrogen and oxygen atoms in total. The number of aliphatic hydroxyl groups is 1. The minimum atomic E-state index is -1.05. The molecule has 1 unspecified atom stereocenters. The molecular weight excluding hydrogens is 240 g/mol. The summed E-state index contributed by atoms with van der Waals surface area (Å²) in [6.07, 6.45) is 0.804. The quantitative estimate of drug-likeness (QED) is 0.821. The molecule has 4 heteroatoms. The van der Waals surface area contributed by atoms with Crippen LogP contribution in [0.4, 0.5) is 11.4 Å². The van der Waals surface area contributed by atoms with Gasteiger partial charge in [0.1, 0.15) is 0 Å². The standard InChI is InChI=1S/C15H20N2O2/c1-5-8-17(15(2,3)4)10-6-7-11-12(9-10)16-14(19)13(11)18/h5-7,9,13,18H,1,8H2,2-4H3,(H,16,19). The van der Waals surface area contributed by atoms with Crippen LogP contribution in [-0.4, -0.2) is 23.1 Å². The van der Waals surface area contributed by atoms with E-state index in [-0.39, 0.29) is 11.4 Å². The predicted molar refractivity (Wildman–Crippen MR) is 77.3 cm³/mol. The Balaban J connectivity index is 2.39. The van der Waals surface area contributed by atoms with Crippen LogP contribution in [0.25, 0.3) is 0 Å². The number of carbonyl (C=O) groups is 1. The summed E-state index contributed by atoms with van der Waals surface area (Å²) >= 11 is 0. The molecule has 1 aliphatic rings. The highest BCUT2D eigenvalue weighted by Crippen LogP contribution is 2.35. The lowest BCUT2D eigenvalue weighted by Crippen LogP contribution is -2.41. The molecule has 1 amide bonds. The molecule has 0 saturated heterocycles. The lowest BCUT2D eigenvalue weighted by atomic mass is 10.0. The molecule has 0 aliphatic carbocycles. The van der Waals surface area contributed by atoms with Gasteiger partial charge < -0.3 is 15.3 Å². The number of aliphatic hydroxyl groups excluding tert-OH is 1. The lowest BCUT2D eigenvalue weighted by Gasteiger charge is -2.37. The first-order chi connectivity index (χ1) is 8.84. The van der Waals surface area contributed by atoms with Gasteiger partial charge in [-0.25, -0.2) is 0 Å². The van der Waals surface area contributed by atoms with Gasteiger partial charge >= 0.3 is 0 Å². The van der Waals surface area contributed by atoms with Gasteiger partial charge in [-0.3, -0.25) is 4.79 Å². The predicted octanol–water partition coefficient (Wildman–Crippen LogP) is 2.46. The number of nitrogens with zero attached hydrogens (tertiary/aromatic N) is 1. The van der Waals surface area contributed by atoms with Gasteiger partial charge in [-0.1, -0.05) is 12.1 Å². The first-order valence-corrected chi connectivity index (χ1v) is 6.36. The van der Waals surface area contributed by atoms with E-state index in [0.29, 0.717) is 11.3 Å². The van der Waals surface area contributed by atoms with E-state index in [9.17, 15) is 9.90 Å². The largest absolute Gasteiger partial charge is 0.378 e. The smallest absolute Gasteiger partial charge is 0.257 e. The molecule has 19 heavy (non-hydrogen) atoms. The Labute approximate surface area is 113 Å². The summed E-state index contributed by atoms with van der Waals surface area (Å²) in [5, 5.41) is 12.4. The van der Waals surface area contributed by atoms with Crippen LogP contribution in [0.3, 0.4) is 0 Å². The molecule has 1 aromatic rings. The summed E-state index contributed by atoms with van der Waals surface area (Å²) in [5.41, 5.74) is 2.28. The van der Waals surface area contributed by atoms with Crippen molar-refractivity contribution in [2.75, 3.05) is 16.8 Å². The number of fused-ring (bicyclic) bond motifs is 1. The van der Waals surface area contributed by atoms with Crippen molar-refractivity contribution in [3.63, 3.8) is 0 Å². The summed E-state index contributed by atoms with van der Waals surface area (Å²) in [4.78, 5) is 13.6. The number of hydrogen-bond donors (Lipinski definition) is 2. The van der Waals surface area contributed by atoms with Crippen molar-refractivity contribution in [2.45, 2.75) is 32.4 Å². The molecule has 0 aromatic heterocycles. The van der Waals surface area contributed by atoms with Crippen molar-refractivity contribution in [3.8, 4) is 0 Å². The topological polar surface area (TPSA) is 52.6 Å². The maximum Gasteiger partial charge on any atom is 0.257 e. The Hall–Kier alpha value is -1.81. The van der Waals surface area contributed by atoms with Gasteiger partial charge in [-0.15, -0.1) is 6.58 Å². The van der Waals surface area contributed by atoms with E-state index in [2.05, 4.69) is 37.6 Å². The van der Waals surface area contributed by atoms with E-state index in [1.807, 2.05) is 18.2 Å². The zero-order valence-corrected chi connectivity index (χ0v) is 11.6. The number of hydrogen-bond acceptors (Lipinski definition) is 3. The van der Waals surface area contributed by atoms with E-state index in [4.69, 9.17) is 0 Å². The van der Waals surface area contributed by atoms with Crippen molar-refractivity contribution in [1.29, 1.82) is 0 Å². The van der Waals surface area contributed by atoms with Crippen LogP contribution in [0.2, 0.25) is 0 Å². The monoisotopic (exact) mass is 260 g/mol. The number of carbonyl (C=O) groups excluding carboxylic acids is 1. The molecule has 1 heterocycles. The molecule has 2 rings (SSSR count). The van der Waals surface area contributed by atoms with E-state index >= 15 is 0 Å². The molecule has 1 atom stereocenters. The number of benzene rings is 1. The van der Waals surface area contributed by atoms with Crippen LogP contribution < -0.4 is 10.2 Å². The molecule has 0 bridgehead atoms. The van der Waals surface area contributed by atoms with Gasteiger partial charge in [-0.2, -0.15) is 0 Å². The average molecular weight is 260 g/mol. The van der Waals surface area contributed by atoms with Crippen molar-refractivity contribution < 1.29 is 9.90 Å². The second-order valence-corrected chi connectivity index (χ2v) is 5.73. The number of anilines is 2. The van der Waals surface area contributed by atoms with Crippen LogP contribution in [-0.2, 0) is 4.79 Å². The van der Waals surface area contributed by atoms with Crippen LogP contribution in [0, 0.1) is 0 Å². The number of nitrogens with one attached hydrogen (secondary N) is 1. The third-order valence-electron chi connectivity index (χ3n) is 3.27. The van der Waals surface area contributed by atoms with E-state index in [1.54, 1.807) is 6.07 Å². The molecule has 2 N–H and O–H groups in total. The van der Waals surface area contributed by atoms with Crippen LogP contribution >= 0.6 is 0 Å². The Bertz CT molecular complexity index is 517. The average Bonchev–Trinajstić information content (AvgIpc) is 2.60. The van der Waals surface area contributed by atoms with Crippen molar-refractivity contribution in [1.82, 2.24) is 0 Å². The minimum Gasteiger partial charge on any atom is -0.378 e. The van der Waals surface area contributed by atoms with Crippen LogP contribution in [0.5, 0.6) is 0 Å². The number of amides is 1. The Morgan fingerprint density at radius 2 is 2.16 bits per heavy atom. The summed E-state index contributed by atoms with van der Waals surface area (Å²) in [6.45, 7) is 10.9. The molecule has 0 saturated carbocycles. The Morgan fingerprint density at radius 3 is 2.74 bits per heavy atom. The molecule has 0 radical (unpaired) electrons. The fourth-order valence-electron chi connectivity index (χ4n) is 2.30. The molecule has 0 spiro atoms. The molecular formula is C15H20N2O2. The second-order valence-electron chi connectivity index (χ2n) is 5.73. The van der Waals surface area contributed by atoms with E-state index < -0.39 is 6.10 Å². The fraction of sp³-hybridized carbons (Fsp3) is 0.400. The summed E-state index contributed by atoms with van der Waals surface area (Å²) < 4.78 is 0. The van der Waals surface area contributed by atoms with Gasteiger partial charge in [0.05, 0.1) is 0 Å². The third kappa shape index (κ3) is 2.49. The van der Waals surface area contributed by atoms with Gasteiger partial charge in [0.15, 0.2) is 6.10 Å². The van der Waals surface area contributed by atoms with Crippen molar-refractivity contribution in [3.05, 3.63) is 36.4 Å². The fourth-order valence-corrected chi connectivity index (χ4v) is 2.30. The zero-order valence-electron chi connectivity index (χ0n) is 11.6. The summed E-state index contributed by atoms with van der Waals surface area (Å²) in [6, 6.07) is 5.63. The summed E-state index contributed by atoms with van der Waals surface area (Å²) in [7, 11) is 0. The van der Waals surface area contributed by atoms with E-state index in [1.165, 1.54) is 0 Å². The van der Waals surface area contributed by atoms with Gasteiger partial charge in [-0.05, 0) is 32.9 Å². The Morgan fingerprint density at radius 1 is 1.47 bits per heavy atom.